The van der Waals surface area contributed by atoms with Crippen LogP contribution in [-0.4, -0.2) is 51.9 Å². The summed E-state index contributed by atoms with van der Waals surface area (Å²) in [5.41, 5.74) is -0.128. The van der Waals surface area contributed by atoms with Crippen LogP contribution in [0, 0.1) is 29.1 Å². The summed E-state index contributed by atoms with van der Waals surface area (Å²) in [5, 5.41) is 23.6. The maximum atomic E-state index is 12.8. The Morgan fingerprint density at radius 2 is 2.14 bits per heavy atom. The molecule has 0 radical (unpaired) electrons. The predicted molar refractivity (Wildman–Crippen MR) is 106 cm³/mol. The van der Waals surface area contributed by atoms with Crippen LogP contribution >= 0.6 is 11.6 Å². The number of rotatable bonds is 3. The average Bonchev–Trinajstić information content (AvgIpc) is 3.13. The van der Waals surface area contributed by atoms with Crippen molar-refractivity contribution in [3.63, 3.8) is 0 Å². The summed E-state index contributed by atoms with van der Waals surface area (Å²) in [4.78, 5) is 18.8. The van der Waals surface area contributed by atoms with Crippen molar-refractivity contribution in [1.29, 1.82) is 5.26 Å². The molecule has 29 heavy (non-hydrogen) atoms. The minimum Gasteiger partial charge on any atom is -0.446 e. The van der Waals surface area contributed by atoms with E-state index >= 15 is 0 Å². The molecule has 1 aliphatic heterocycles. The van der Waals surface area contributed by atoms with Gasteiger partial charge >= 0.3 is 6.09 Å². The van der Waals surface area contributed by atoms with E-state index in [9.17, 15) is 15.2 Å². The third-order valence-corrected chi connectivity index (χ3v) is 7.36. The van der Waals surface area contributed by atoms with Gasteiger partial charge in [0, 0.05) is 25.3 Å². The molecule has 2 heterocycles. The Balaban J connectivity index is 1.19. The van der Waals surface area contributed by atoms with E-state index in [1.807, 2.05) is 0 Å². The van der Waals surface area contributed by atoms with E-state index in [1.54, 1.807) is 11.0 Å². The van der Waals surface area contributed by atoms with Crippen molar-refractivity contribution in [2.45, 2.75) is 56.3 Å². The lowest BCUT2D eigenvalue weighted by Gasteiger charge is -2.57. The highest BCUT2D eigenvalue weighted by Gasteiger charge is 2.56. The molecule has 154 valence electrons. The molecule has 2 N–H and O–H groups in total. The van der Waals surface area contributed by atoms with Crippen molar-refractivity contribution in [2.24, 2.45) is 17.8 Å². The Labute approximate surface area is 175 Å². The molecule has 1 amide bonds. The lowest BCUT2D eigenvalue weighted by Crippen LogP contribution is -2.58. The summed E-state index contributed by atoms with van der Waals surface area (Å²) in [6.45, 7) is 1.13. The van der Waals surface area contributed by atoms with Gasteiger partial charge in [0.15, 0.2) is 0 Å². The average molecular weight is 417 g/mol. The second-order valence-corrected chi connectivity index (χ2v) is 9.72. The number of nitrogens with zero attached hydrogens (tertiary/aromatic N) is 3. The summed E-state index contributed by atoms with van der Waals surface area (Å²) in [7, 11) is 0. The van der Waals surface area contributed by atoms with Crippen LogP contribution in [-0.2, 0) is 4.74 Å². The van der Waals surface area contributed by atoms with Crippen LogP contribution < -0.4 is 5.32 Å². The molecule has 6 rings (SSSR count). The molecule has 7 nitrogen and oxygen atoms in total. The highest BCUT2D eigenvalue weighted by atomic mass is 35.5. The van der Waals surface area contributed by atoms with Crippen molar-refractivity contribution in [1.82, 2.24) is 9.88 Å². The SMILES string of the molecule is N#Cc1cc(Cl)cnc1NC1CCN(C(=O)OC2[C@@H]3CC4C[C@@H]2CC(O)(C4)C3)C1. The first-order valence-corrected chi connectivity index (χ1v) is 10.8. The fourth-order valence-electron chi connectivity index (χ4n) is 6.19. The number of carbonyl (C=O) groups is 1. The second kappa shape index (κ2) is 7.03. The maximum absolute atomic E-state index is 12.8. The van der Waals surface area contributed by atoms with Gasteiger partial charge in [-0.15, -0.1) is 0 Å². The van der Waals surface area contributed by atoms with Crippen LogP contribution in [0.3, 0.4) is 0 Å². The van der Waals surface area contributed by atoms with E-state index in [0.717, 1.165) is 38.5 Å². The Morgan fingerprint density at radius 1 is 1.38 bits per heavy atom. The van der Waals surface area contributed by atoms with Crippen molar-refractivity contribution in [2.75, 3.05) is 18.4 Å². The van der Waals surface area contributed by atoms with Gasteiger partial charge < -0.3 is 20.1 Å². The molecule has 1 saturated heterocycles. The molecule has 4 saturated carbocycles. The Bertz CT molecular complexity index is 856. The summed E-state index contributed by atoms with van der Waals surface area (Å²) < 4.78 is 5.98. The number of anilines is 1. The lowest BCUT2D eigenvalue weighted by atomic mass is 9.53. The molecular weight excluding hydrogens is 392 g/mol. The normalized spacial score (nSPS) is 37.4. The molecule has 1 aromatic heterocycles. The van der Waals surface area contributed by atoms with Gasteiger partial charge in [-0.2, -0.15) is 5.26 Å². The van der Waals surface area contributed by atoms with Gasteiger partial charge in [0.1, 0.15) is 18.0 Å². The topological polar surface area (TPSA) is 98.5 Å². The second-order valence-electron chi connectivity index (χ2n) is 9.28. The highest BCUT2D eigenvalue weighted by Crippen LogP contribution is 2.56. The van der Waals surface area contributed by atoms with Crippen molar-refractivity contribution < 1.29 is 14.6 Å². The number of nitriles is 1. The molecular formula is C21H25ClN4O3. The zero-order valence-electron chi connectivity index (χ0n) is 16.2. The molecule has 5 fully saturated rings. The number of likely N-dealkylation sites (tertiary alicyclic amines) is 1. The third kappa shape index (κ3) is 3.53. The van der Waals surface area contributed by atoms with Gasteiger partial charge in [-0.3, -0.25) is 0 Å². The zero-order valence-corrected chi connectivity index (χ0v) is 16.9. The minimum absolute atomic E-state index is 0.0162. The van der Waals surface area contributed by atoms with Crippen molar-refractivity contribution in [3.8, 4) is 6.07 Å². The van der Waals surface area contributed by atoms with E-state index in [1.165, 1.54) is 6.20 Å². The largest absolute Gasteiger partial charge is 0.446 e. The molecule has 4 bridgehead atoms. The number of nitrogens with one attached hydrogen (secondary N) is 1. The van der Waals surface area contributed by atoms with Crippen molar-refractivity contribution in [3.05, 3.63) is 22.8 Å². The van der Waals surface area contributed by atoms with Gasteiger partial charge in [0.25, 0.3) is 0 Å². The molecule has 1 aromatic rings. The summed E-state index contributed by atoms with van der Waals surface area (Å²) in [6.07, 6.45) is 6.54. The third-order valence-electron chi connectivity index (χ3n) is 7.15. The standard InChI is InChI=1S/C21H25ClN4O3/c22-16-5-15(9-23)19(24-10-16)25-17-1-2-26(11-17)20(27)29-18-13-3-12-4-14(18)8-21(28,6-12)7-13/h5,10,12-14,17-18,28H,1-4,6-8,11H2,(H,24,25)/t12?,13-,14-,17?,18?,21?/m1/s1. The Hall–Kier alpha value is -2.04. The number of ether oxygens (including phenoxy) is 1. The van der Waals surface area contributed by atoms with Crippen LogP contribution in [0.25, 0.3) is 0 Å². The number of aliphatic hydroxyl groups is 1. The molecule has 8 heteroatoms. The smallest absolute Gasteiger partial charge is 0.410 e. The molecule has 1 unspecified atom stereocenters. The Morgan fingerprint density at radius 3 is 2.83 bits per heavy atom. The van der Waals surface area contributed by atoms with Gasteiger partial charge in [0.2, 0.25) is 0 Å². The maximum Gasteiger partial charge on any atom is 0.410 e. The van der Waals surface area contributed by atoms with Gasteiger partial charge in [-0.05, 0) is 62.3 Å². The fourth-order valence-corrected chi connectivity index (χ4v) is 6.35. The molecule has 3 atom stereocenters. The van der Waals surface area contributed by atoms with E-state index in [2.05, 4.69) is 16.4 Å². The van der Waals surface area contributed by atoms with E-state index < -0.39 is 5.60 Å². The number of carbonyl (C=O) groups excluding carboxylic acids is 1. The van der Waals surface area contributed by atoms with E-state index in [0.29, 0.717) is 47.2 Å². The summed E-state index contributed by atoms with van der Waals surface area (Å²) >= 11 is 5.90. The highest BCUT2D eigenvalue weighted by molar-refractivity contribution is 6.30. The first kappa shape index (κ1) is 19.0. The molecule has 0 aromatic carbocycles. The molecule has 0 spiro atoms. The quantitative estimate of drug-likeness (QED) is 0.785. The first-order chi connectivity index (χ1) is 13.9. The minimum atomic E-state index is -0.522. The van der Waals surface area contributed by atoms with Gasteiger partial charge in [-0.1, -0.05) is 11.6 Å². The monoisotopic (exact) mass is 416 g/mol. The van der Waals surface area contributed by atoms with E-state index in [4.69, 9.17) is 16.3 Å². The van der Waals surface area contributed by atoms with Gasteiger partial charge in [0.05, 0.1) is 16.2 Å². The summed E-state index contributed by atoms with van der Waals surface area (Å²) in [5.74, 6) is 1.67. The van der Waals surface area contributed by atoms with Crippen molar-refractivity contribution >= 4 is 23.5 Å². The van der Waals surface area contributed by atoms with Crippen LogP contribution in [0.1, 0.15) is 44.1 Å². The zero-order chi connectivity index (χ0) is 20.2. The first-order valence-electron chi connectivity index (χ1n) is 10.4. The summed E-state index contributed by atoms with van der Waals surface area (Å²) in [6, 6.07) is 3.69. The number of hydrogen-bond acceptors (Lipinski definition) is 6. The van der Waals surface area contributed by atoms with Crippen LogP contribution in [0.4, 0.5) is 10.6 Å². The number of hydrogen-bond donors (Lipinski definition) is 2. The van der Waals surface area contributed by atoms with Crippen LogP contribution in [0.2, 0.25) is 5.02 Å². The number of aromatic nitrogens is 1. The molecule has 4 aliphatic carbocycles. The fraction of sp³-hybridized carbons (Fsp3) is 0.667. The van der Waals surface area contributed by atoms with Gasteiger partial charge in [-0.25, -0.2) is 9.78 Å². The predicted octanol–water partition coefficient (Wildman–Crippen LogP) is 3.17. The lowest BCUT2D eigenvalue weighted by molar-refractivity contribution is -0.177. The van der Waals surface area contributed by atoms with Crippen LogP contribution in [0.15, 0.2) is 12.3 Å². The van der Waals surface area contributed by atoms with Crippen LogP contribution in [0.5, 0.6) is 0 Å². The Kier molecular flexibility index (Phi) is 4.60. The number of pyridine rings is 1. The molecule has 5 aliphatic rings. The number of halogens is 1. The number of amides is 1. The van der Waals surface area contributed by atoms with E-state index in [-0.39, 0.29) is 18.2 Å².